The van der Waals surface area contributed by atoms with Gasteiger partial charge in [0, 0.05) is 22.9 Å². The van der Waals surface area contributed by atoms with E-state index in [1.807, 2.05) is 54.6 Å². The highest BCUT2D eigenvalue weighted by atomic mass is 19.4. The lowest BCUT2D eigenvalue weighted by Crippen LogP contribution is -2.07. The molecule has 30 heavy (non-hydrogen) atoms. The zero-order valence-electron chi connectivity index (χ0n) is 16.1. The lowest BCUT2D eigenvalue weighted by Gasteiger charge is -2.14. The topological polar surface area (TPSA) is 47.0 Å². The molecule has 4 nitrogen and oxygen atoms in total. The maximum atomic E-state index is 13.3. The van der Waals surface area contributed by atoms with Crippen LogP contribution in [0.4, 0.5) is 19.0 Å². The molecule has 0 saturated carbocycles. The fourth-order valence-electron chi connectivity index (χ4n) is 3.20. The standard InChI is InChI=1S/C23H18F3N3O/c1-30-18-10-7-15(8-11-18)14-27-22-20-13-17(23(24,25)26)9-12-19(20)21(28-29-22)16-5-3-2-4-6-16/h2-13H,14H2,1H3,(H,27,29). The minimum Gasteiger partial charge on any atom is -0.497 e. The number of hydrogen-bond acceptors (Lipinski definition) is 4. The van der Waals surface area contributed by atoms with Crippen LogP contribution in [-0.4, -0.2) is 17.3 Å². The van der Waals surface area contributed by atoms with E-state index in [0.29, 0.717) is 28.8 Å². The molecular weight excluding hydrogens is 391 g/mol. The number of ether oxygens (including phenoxy) is 1. The number of benzene rings is 3. The van der Waals surface area contributed by atoms with E-state index >= 15 is 0 Å². The van der Waals surface area contributed by atoms with Gasteiger partial charge in [-0.2, -0.15) is 13.2 Å². The minimum absolute atomic E-state index is 0.298. The molecule has 0 fully saturated rings. The highest BCUT2D eigenvalue weighted by molar-refractivity contribution is 6.00. The lowest BCUT2D eigenvalue weighted by atomic mass is 10.0. The molecule has 3 aromatic carbocycles. The summed E-state index contributed by atoms with van der Waals surface area (Å²) in [5, 5.41) is 12.6. The van der Waals surface area contributed by atoms with Crippen molar-refractivity contribution in [2.24, 2.45) is 0 Å². The van der Waals surface area contributed by atoms with Crippen LogP contribution in [0.25, 0.3) is 22.0 Å². The van der Waals surface area contributed by atoms with Gasteiger partial charge in [-0.25, -0.2) is 0 Å². The summed E-state index contributed by atoms with van der Waals surface area (Å²) in [5.41, 5.74) is 1.53. The molecule has 1 N–H and O–H groups in total. The van der Waals surface area contributed by atoms with Gasteiger partial charge < -0.3 is 10.1 Å². The number of nitrogens with zero attached hydrogens (tertiary/aromatic N) is 2. The summed E-state index contributed by atoms with van der Waals surface area (Å²) in [4.78, 5) is 0. The van der Waals surface area contributed by atoms with E-state index in [-0.39, 0.29) is 0 Å². The van der Waals surface area contributed by atoms with E-state index in [0.717, 1.165) is 29.0 Å². The summed E-state index contributed by atoms with van der Waals surface area (Å²) in [6.07, 6.45) is -4.45. The van der Waals surface area contributed by atoms with Crippen molar-refractivity contribution in [3.05, 3.63) is 83.9 Å². The second-order valence-corrected chi connectivity index (χ2v) is 6.72. The van der Waals surface area contributed by atoms with Gasteiger partial charge in [-0.05, 0) is 29.8 Å². The number of anilines is 1. The summed E-state index contributed by atoms with van der Waals surface area (Å²) in [5.74, 6) is 1.03. The van der Waals surface area contributed by atoms with E-state index in [2.05, 4.69) is 15.5 Å². The van der Waals surface area contributed by atoms with Gasteiger partial charge >= 0.3 is 6.18 Å². The molecule has 0 aliphatic rings. The number of methoxy groups -OCH3 is 1. The second-order valence-electron chi connectivity index (χ2n) is 6.72. The number of aromatic nitrogens is 2. The first-order chi connectivity index (χ1) is 14.5. The second kappa shape index (κ2) is 8.02. The van der Waals surface area contributed by atoms with E-state index in [1.54, 1.807) is 7.11 Å². The first-order valence-electron chi connectivity index (χ1n) is 9.25. The molecule has 0 radical (unpaired) electrons. The predicted octanol–water partition coefficient (Wildman–Crippen LogP) is 5.94. The van der Waals surface area contributed by atoms with Crippen LogP contribution in [0.1, 0.15) is 11.1 Å². The summed E-state index contributed by atoms with van der Waals surface area (Å²) >= 11 is 0. The Labute approximate surface area is 171 Å². The van der Waals surface area contributed by atoms with Crippen LogP contribution >= 0.6 is 0 Å². The van der Waals surface area contributed by atoms with Crippen molar-refractivity contribution < 1.29 is 17.9 Å². The molecule has 152 valence electrons. The molecule has 0 unspecified atom stereocenters. The summed E-state index contributed by atoms with van der Waals surface area (Å²) in [6, 6.07) is 20.3. The third-order valence-electron chi connectivity index (χ3n) is 4.77. The van der Waals surface area contributed by atoms with Gasteiger partial charge in [0.25, 0.3) is 0 Å². The quantitative estimate of drug-likeness (QED) is 0.443. The zero-order chi connectivity index (χ0) is 21.1. The fourth-order valence-corrected chi connectivity index (χ4v) is 3.20. The Bertz CT molecular complexity index is 1160. The number of rotatable bonds is 5. The van der Waals surface area contributed by atoms with Gasteiger partial charge in [0.05, 0.1) is 12.7 Å². The first-order valence-corrected chi connectivity index (χ1v) is 9.25. The molecule has 0 atom stereocenters. The molecule has 1 aromatic heterocycles. The highest BCUT2D eigenvalue weighted by Crippen LogP contribution is 2.36. The van der Waals surface area contributed by atoms with Crippen LogP contribution in [0, 0.1) is 0 Å². The van der Waals surface area contributed by atoms with Crippen LogP contribution in [-0.2, 0) is 12.7 Å². The molecule has 1 heterocycles. The molecular formula is C23H18F3N3O. The molecule has 0 saturated heterocycles. The lowest BCUT2D eigenvalue weighted by molar-refractivity contribution is -0.137. The predicted molar refractivity (Wildman–Crippen MR) is 110 cm³/mol. The third kappa shape index (κ3) is 4.05. The van der Waals surface area contributed by atoms with Gasteiger partial charge in [0.15, 0.2) is 5.82 Å². The van der Waals surface area contributed by atoms with Gasteiger partial charge in [0.1, 0.15) is 11.4 Å². The Morgan fingerprint density at radius 3 is 2.27 bits per heavy atom. The Balaban J connectivity index is 1.76. The van der Waals surface area contributed by atoms with E-state index in [9.17, 15) is 13.2 Å². The van der Waals surface area contributed by atoms with Crippen molar-refractivity contribution in [2.75, 3.05) is 12.4 Å². The first kappa shape index (κ1) is 19.7. The van der Waals surface area contributed by atoms with Crippen molar-refractivity contribution >= 4 is 16.6 Å². The summed E-state index contributed by atoms with van der Waals surface area (Å²) < 4.78 is 45.1. The fraction of sp³-hybridized carbons (Fsp3) is 0.130. The number of halogens is 3. The Hall–Kier alpha value is -3.61. The Kier molecular flexibility index (Phi) is 5.27. The maximum absolute atomic E-state index is 13.3. The number of alkyl halides is 3. The van der Waals surface area contributed by atoms with E-state index in [1.165, 1.54) is 6.07 Å². The molecule has 4 aromatic rings. The van der Waals surface area contributed by atoms with Crippen molar-refractivity contribution in [1.82, 2.24) is 10.2 Å². The highest BCUT2D eigenvalue weighted by Gasteiger charge is 2.31. The van der Waals surface area contributed by atoms with Gasteiger partial charge in [0.2, 0.25) is 0 Å². The third-order valence-corrected chi connectivity index (χ3v) is 4.77. The average molecular weight is 409 g/mol. The van der Waals surface area contributed by atoms with Crippen LogP contribution in [0.3, 0.4) is 0 Å². The van der Waals surface area contributed by atoms with Crippen molar-refractivity contribution in [2.45, 2.75) is 12.7 Å². The molecule has 0 aliphatic carbocycles. The Morgan fingerprint density at radius 1 is 0.867 bits per heavy atom. The largest absolute Gasteiger partial charge is 0.497 e. The van der Waals surface area contributed by atoms with Crippen LogP contribution in [0.15, 0.2) is 72.8 Å². The SMILES string of the molecule is COc1ccc(CNc2nnc(-c3ccccc3)c3ccc(C(F)(F)F)cc23)cc1. The molecule has 0 bridgehead atoms. The normalized spacial score (nSPS) is 11.5. The number of fused-ring (bicyclic) bond motifs is 1. The smallest absolute Gasteiger partial charge is 0.416 e. The summed E-state index contributed by atoms with van der Waals surface area (Å²) in [7, 11) is 1.58. The zero-order valence-corrected chi connectivity index (χ0v) is 16.1. The molecule has 4 rings (SSSR count). The molecule has 7 heteroatoms. The van der Waals surface area contributed by atoms with Gasteiger partial charge in [-0.3, -0.25) is 0 Å². The summed E-state index contributed by atoms with van der Waals surface area (Å²) in [6.45, 7) is 0.384. The number of nitrogens with one attached hydrogen (secondary N) is 1. The average Bonchev–Trinajstić information content (AvgIpc) is 2.77. The van der Waals surface area contributed by atoms with E-state index < -0.39 is 11.7 Å². The van der Waals surface area contributed by atoms with Crippen LogP contribution in [0.5, 0.6) is 5.75 Å². The molecule has 0 aliphatic heterocycles. The monoisotopic (exact) mass is 409 g/mol. The van der Waals surface area contributed by atoms with Gasteiger partial charge in [-0.15, -0.1) is 10.2 Å². The minimum atomic E-state index is -4.45. The van der Waals surface area contributed by atoms with Crippen molar-refractivity contribution in [3.63, 3.8) is 0 Å². The van der Waals surface area contributed by atoms with Gasteiger partial charge in [-0.1, -0.05) is 48.5 Å². The van der Waals surface area contributed by atoms with Crippen molar-refractivity contribution in [1.29, 1.82) is 0 Å². The van der Waals surface area contributed by atoms with E-state index in [4.69, 9.17) is 4.74 Å². The van der Waals surface area contributed by atoms with Crippen molar-refractivity contribution in [3.8, 4) is 17.0 Å². The maximum Gasteiger partial charge on any atom is 0.416 e. The van der Waals surface area contributed by atoms with Crippen LogP contribution < -0.4 is 10.1 Å². The van der Waals surface area contributed by atoms with Crippen LogP contribution in [0.2, 0.25) is 0 Å². The Morgan fingerprint density at radius 2 is 1.60 bits per heavy atom. The molecule has 0 spiro atoms. The molecule has 0 amide bonds. The number of hydrogen-bond donors (Lipinski definition) is 1.